The lowest BCUT2D eigenvalue weighted by atomic mass is 10.0. The van der Waals surface area contributed by atoms with E-state index < -0.39 is 0 Å². The van der Waals surface area contributed by atoms with E-state index in [4.69, 9.17) is 23.2 Å². The maximum absolute atomic E-state index is 11.6. The molecule has 1 fully saturated rings. The molecule has 2 rings (SSSR count). The summed E-state index contributed by atoms with van der Waals surface area (Å²) in [5.74, 6) is 0.242. The van der Waals surface area contributed by atoms with E-state index in [-0.39, 0.29) is 24.2 Å². The molecule has 0 unspecified atom stereocenters. The van der Waals surface area contributed by atoms with E-state index in [1.54, 1.807) is 6.07 Å². The number of rotatable bonds is 4. The van der Waals surface area contributed by atoms with Crippen LogP contribution in [0.5, 0.6) is 0 Å². The maximum atomic E-state index is 11.6. The molecule has 1 aliphatic heterocycles. The van der Waals surface area contributed by atoms with Crippen LogP contribution in [0.2, 0.25) is 10.0 Å². The summed E-state index contributed by atoms with van der Waals surface area (Å²) in [7, 11) is 0. The lowest BCUT2D eigenvalue weighted by Crippen LogP contribution is -2.51. The molecule has 3 nitrogen and oxygen atoms in total. The van der Waals surface area contributed by atoms with Gasteiger partial charge in [-0.2, -0.15) is 0 Å². The van der Waals surface area contributed by atoms with Crippen LogP contribution in [0.25, 0.3) is 0 Å². The van der Waals surface area contributed by atoms with Crippen molar-refractivity contribution in [1.82, 2.24) is 10.6 Å². The van der Waals surface area contributed by atoms with E-state index in [2.05, 4.69) is 10.6 Å². The molecule has 6 heteroatoms. The second-order valence-electron chi connectivity index (χ2n) is 4.11. The van der Waals surface area contributed by atoms with Crippen LogP contribution >= 0.6 is 35.6 Å². The molecule has 1 aliphatic rings. The highest BCUT2D eigenvalue weighted by molar-refractivity contribution is 6.42. The van der Waals surface area contributed by atoms with Gasteiger partial charge in [-0.3, -0.25) is 4.79 Å². The van der Waals surface area contributed by atoms with Crippen molar-refractivity contribution in [2.24, 2.45) is 5.92 Å². The average molecular weight is 310 g/mol. The number of amides is 1. The number of benzene rings is 1. The van der Waals surface area contributed by atoms with E-state index in [1.807, 2.05) is 12.1 Å². The predicted molar refractivity (Wildman–Crippen MR) is 76.8 cm³/mol. The van der Waals surface area contributed by atoms with Crippen LogP contribution in [0.4, 0.5) is 0 Å². The monoisotopic (exact) mass is 308 g/mol. The summed E-state index contributed by atoms with van der Waals surface area (Å²) in [6.45, 7) is 2.16. The predicted octanol–water partition coefficient (Wildman–Crippen LogP) is 2.29. The minimum atomic E-state index is 0. The summed E-state index contributed by atoms with van der Waals surface area (Å²) < 4.78 is 0. The number of nitrogens with one attached hydrogen (secondary N) is 2. The minimum absolute atomic E-state index is 0. The first kappa shape index (κ1) is 15.6. The van der Waals surface area contributed by atoms with Gasteiger partial charge < -0.3 is 10.6 Å². The number of carbonyl (C=O) groups is 1. The van der Waals surface area contributed by atoms with Gasteiger partial charge in [-0.15, -0.1) is 12.4 Å². The number of hydrogen-bond donors (Lipinski definition) is 2. The first-order valence-corrected chi connectivity index (χ1v) is 6.35. The van der Waals surface area contributed by atoms with E-state index >= 15 is 0 Å². The molecule has 0 saturated carbocycles. The molecule has 0 bridgehead atoms. The van der Waals surface area contributed by atoms with Crippen molar-refractivity contribution in [2.45, 2.75) is 6.42 Å². The second-order valence-corrected chi connectivity index (χ2v) is 4.89. The zero-order valence-electron chi connectivity index (χ0n) is 9.71. The van der Waals surface area contributed by atoms with Gasteiger partial charge in [0, 0.05) is 19.6 Å². The van der Waals surface area contributed by atoms with Crippen LogP contribution in [-0.2, 0) is 11.2 Å². The molecule has 0 aliphatic carbocycles. The topological polar surface area (TPSA) is 41.1 Å². The van der Waals surface area contributed by atoms with Crippen molar-refractivity contribution in [3.63, 3.8) is 0 Å². The molecule has 0 radical (unpaired) electrons. The summed E-state index contributed by atoms with van der Waals surface area (Å²) in [6, 6.07) is 5.54. The smallest absolute Gasteiger partial charge is 0.225 e. The highest BCUT2D eigenvalue weighted by Gasteiger charge is 2.24. The van der Waals surface area contributed by atoms with Crippen LogP contribution in [0.1, 0.15) is 5.56 Å². The largest absolute Gasteiger partial charge is 0.355 e. The third kappa shape index (κ3) is 3.75. The fourth-order valence-electron chi connectivity index (χ4n) is 1.68. The maximum Gasteiger partial charge on any atom is 0.225 e. The van der Waals surface area contributed by atoms with E-state index in [9.17, 15) is 4.79 Å². The normalized spacial score (nSPS) is 14.6. The van der Waals surface area contributed by atoms with Gasteiger partial charge in [-0.05, 0) is 18.1 Å². The Morgan fingerprint density at radius 1 is 1.39 bits per heavy atom. The Kier molecular flexibility index (Phi) is 6.22. The molecular formula is C12H15Cl3N2O. The van der Waals surface area contributed by atoms with E-state index in [0.717, 1.165) is 18.7 Å². The number of halogens is 3. The fourth-order valence-corrected chi connectivity index (χ4v) is 2.09. The molecule has 1 saturated heterocycles. The van der Waals surface area contributed by atoms with Gasteiger partial charge >= 0.3 is 0 Å². The minimum Gasteiger partial charge on any atom is -0.355 e. The van der Waals surface area contributed by atoms with Gasteiger partial charge in [0.15, 0.2) is 0 Å². The Labute approximate surface area is 123 Å². The van der Waals surface area contributed by atoms with Crippen LogP contribution in [0, 0.1) is 5.92 Å². The number of carbonyl (C=O) groups excluding carboxylic acids is 1. The highest BCUT2D eigenvalue weighted by Crippen LogP contribution is 2.25. The molecule has 1 aromatic rings. The third-order valence-corrected chi connectivity index (χ3v) is 3.74. The molecular weight excluding hydrogens is 295 g/mol. The summed E-state index contributed by atoms with van der Waals surface area (Å²) in [6.07, 6.45) is 0.700. The average Bonchev–Trinajstić information content (AvgIpc) is 2.22. The summed E-state index contributed by atoms with van der Waals surface area (Å²) in [5.41, 5.74) is 0.964. The summed E-state index contributed by atoms with van der Waals surface area (Å²) in [5, 5.41) is 7.10. The molecule has 0 aromatic heterocycles. The van der Waals surface area contributed by atoms with Gasteiger partial charge in [0.25, 0.3) is 0 Å². The molecule has 1 amide bonds. The Morgan fingerprint density at radius 2 is 2.11 bits per heavy atom. The van der Waals surface area contributed by atoms with Crippen LogP contribution in [-0.4, -0.2) is 25.5 Å². The van der Waals surface area contributed by atoms with E-state index in [1.165, 1.54) is 0 Å². The quantitative estimate of drug-likeness (QED) is 0.896. The van der Waals surface area contributed by atoms with Crippen molar-refractivity contribution in [1.29, 1.82) is 0 Å². The van der Waals surface area contributed by atoms with Gasteiger partial charge in [-0.1, -0.05) is 35.3 Å². The van der Waals surface area contributed by atoms with Gasteiger partial charge in [0.05, 0.1) is 16.0 Å². The zero-order chi connectivity index (χ0) is 12.3. The molecule has 18 heavy (non-hydrogen) atoms. The van der Waals surface area contributed by atoms with E-state index in [0.29, 0.717) is 23.0 Å². The van der Waals surface area contributed by atoms with Crippen molar-refractivity contribution >= 4 is 41.5 Å². The highest BCUT2D eigenvalue weighted by atomic mass is 35.5. The van der Waals surface area contributed by atoms with Crippen molar-refractivity contribution in [2.75, 3.05) is 19.6 Å². The molecule has 100 valence electrons. The summed E-state index contributed by atoms with van der Waals surface area (Å²) in [4.78, 5) is 11.6. The van der Waals surface area contributed by atoms with Gasteiger partial charge in [0.2, 0.25) is 5.91 Å². The summed E-state index contributed by atoms with van der Waals surface area (Å²) >= 11 is 12.0. The lowest BCUT2D eigenvalue weighted by molar-refractivity contribution is -0.126. The fraction of sp³-hybridized carbons (Fsp3) is 0.417. The van der Waals surface area contributed by atoms with Gasteiger partial charge in [-0.25, -0.2) is 0 Å². The SMILES string of the molecule is Cl.O=C(NCCc1cccc(Cl)c1Cl)C1CNC1. The Hall–Kier alpha value is -0.480. The zero-order valence-corrected chi connectivity index (χ0v) is 12.0. The Morgan fingerprint density at radius 3 is 2.72 bits per heavy atom. The lowest BCUT2D eigenvalue weighted by Gasteiger charge is -2.25. The molecule has 1 aromatic carbocycles. The van der Waals surface area contributed by atoms with Crippen LogP contribution in [0.3, 0.4) is 0 Å². The van der Waals surface area contributed by atoms with Crippen molar-refractivity contribution in [3.05, 3.63) is 33.8 Å². The Bertz CT molecular complexity index is 422. The molecule has 0 atom stereocenters. The van der Waals surface area contributed by atoms with Crippen LogP contribution in [0.15, 0.2) is 18.2 Å². The molecule has 2 N–H and O–H groups in total. The molecule has 0 spiro atoms. The first-order valence-electron chi connectivity index (χ1n) is 5.60. The Balaban J connectivity index is 0.00000162. The molecule has 1 heterocycles. The standard InChI is InChI=1S/C12H14Cl2N2O.ClH/c13-10-3-1-2-8(11(10)14)4-5-16-12(17)9-6-15-7-9;/h1-3,9,15H,4-7H2,(H,16,17);1H. The van der Waals surface area contributed by atoms with Crippen LogP contribution < -0.4 is 10.6 Å². The van der Waals surface area contributed by atoms with Crippen molar-refractivity contribution < 1.29 is 4.79 Å². The second kappa shape index (κ2) is 7.19. The first-order chi connectivity index (χ1) is 8.18. The van der Waals surface area contributed by atoms with Crippen molar-refractivity contribution in [3.8, 4) is 0 Å². The third-order valence-electron chi connectivity index (χ3n) is 2.88. The van der Waals surface area contributed by atoms with Gasteiger partial charge in [0.1, 0.15) is 0 Å². The number of hydrogen-bond acceptors (Lipinski definition) is 2.